The fraction of sp³-hybridized carbons (Fsp3) is 0.600. The molecule has 0 bridgehead atoms. The van der Waals surface area contributed by atoms with E-state index in [0.29, 0.717) is 6.42 Å². The third-order valence-electron chi connectivity index (χ3n) is 3.92. The first-order valence-corrected chi connectivity index (χ1v) is 7.09. The van der Waals surface area contributed by atoms with Gasteiger partial charge < -0.3 is 10.2 Å². The van der Waals surface area contributed by atoms with Crippen molar-refractivity contribution in [2.24, 2.45) is 0 Å². The Morgan fingerprint density at radius 1 is 1.33 bits per heavy atom. The quantitative estimate of drug-likeness (QED) is 0.898. The molecule has 3 nitrogen and oxygen atoms in total. The lowest BCUT2D eigenvalue weighted by atomic mass is 9.97. The molecule has 2 N–H and O–H groups in total. The van der Waals surface area contributed by atoms with Gasteiger partial charge in [-0.1, -0.05) is 25.1 Å². The van der Waals surface area contributed by atoms with Crippen LogP contribution in [0.4, 0.5) is 13.2 Å². The molecular formula is C15H20F3NO2. The zero-order valence-electron chi connectivity index (χ0n) is 11.8. The maximum atomic E-state index is 13.1. The second-order valence-electron chi connectivity index (χ2n) is 5.51. The molecule has 1 aromatic rings. The fourth-order valence-corrected chi connectivity index (χ4v) is 2.85. The number of benzene rings is 1. The van der Waals surface area contributed by atoms with Crippen molar-refractivity contribution in [2.75, 3.05) is 13.1 Å². The highest BCUT2D eigenvalue weighted by Crippen LogP contribution is 2.40. The van der Waals surface area contributed by atoms with E-state index < -0.39 is 30.0 Å². The second-order valence-corrected chi connectivity index (χ2v) is 5.51. The van der Waals surface area contributed by atoms with Crippen LogP contribution in [0, 0.1) is 0 Å². The number of likely N-dealkylation sites (tertiary alicyclic amines) is 1. The van der Waals surface area contributed by atoms with E-state index in [-0.39, 0.29) is 25.1 Å². The summed E-state index contributed by atoms with van der Waals surface area (Å²) in [6.07, 6.45) is -4.90. The number of β-amino-alcohol motifs (C(OH)–C–C–N with tert-alkyl or cyclic N) is 2. The third kappa shape index (κ3) is 3.75. The Hall–Kier alpha value is -1.11. The van der Waals surface area contributed by atoms with E-state index in [1.165, 1.54) is 12.1 Å². The Kier molecular flexibility index (Phi) is 4.91. The molecule has 0 spiro atoms. The van der Waals surface area contributed by atoms with Gasteiger partial charge in [0.1, 0.15) is 0 Å². The van der Waals surface area contributed by atoms with Crippen LogP contribution in [-0.2, 0) is 6.18 Å². The van der Waals surface area contributed by atoms with Crippen LogP contribution in [0.25, 0.3) is 0 Å². The van der Waals surface area contributed by atoms with Gasteiger partial charge in [-0.05, 0) is 24.5 Å². The number of hydrogen-bond acceptors (Lipinski definition) is 3. The maximum absolute atomic E-state index is 13.1. The Morgan fingerprint density at radius 2 is 2.00 bits per heavy atom. The molecule has 2 rings (SSSR count). The Morgan fingerprint density at radius 3 is 2.62 bits per heavy atom. The van der Waals surface area contributed by atoms with Gasteiger partial charge in [-0.3, -0.25) is 4.90 Å². The van der Waals surface area contributed by atoms with Crippen molar-refractivity contribution in [1.82, 2.24) is 4.90 Å². The summed E-state index contributed by atoms with van der Waals surface area (Å²) >= 11 is 0. The van der Waals surface area contributed by atoms with Crippen molar-refractivity contribution in [1.29, 1.82) is 0 Å². The lowest BCUT2D eigenvalue weighted by Gasteiger charge is -2.28. The number of rotatable bonds is 4. The van der Waals surface area contributed by atoms with E-state index in [1.807, 2.05) is 6.92 Å². The van der Waals surface area contributed by atoms with E-state index in [9.17, 15) is 23.4 Å². The standard InChI is InChI=1S/C15H20F3NO2/c1-2-10(20)8-19-9-11(21)7-14(19)12-5-3-4-6-13(12)15(16,17)18/h3-6,10-11,14,20-21H,2,7-9H2,1H3/t10-,11?,14?/m0/s1. The lowest BCUT2D eigenvalue weighted by molar-refractivity contribution is -0.138. The number of hydrogen-bond donors (Lipinski definition) is 2. The molecule has 3 atom stereocenters. The number of halogens is 3. The summed E-state index contributed by atoms with van der Waals surface area (Å²) in [7, 11) is 0. The van der Waals surface area contributed by atoms with Crippen molar-refractivity contribution in [2.45, 2.75) is 44.2 Å². The molecule has 0 aliphatic carbocycles. The van der Waals surface area contributed by atoms with Crippen molar-refractivity contribution in [3.63, 3.8) is 0 Å². The van der Waals surface area contributed by atoms with Crippen molar-refractivity contribution in [3.05, 3.63) is 35.4 Å². The highest BCUT2D eigenvalue weighted by atomic mass is 19.4. The van der Waals surface area contributed by atoms with Crippen LogP contribution in [0.5, 0.6) is 0 Å². The minimum atomic E-state index is -4.42. The average Bonchev–Trinajstić information content (AvgIpc) is 2.78. The van der Waals surface area contributed by atoms with Crippen LogP contribution in [-0.4, -0.2) is 40.4 Å². The monoisotopic (exact) mass is 303 g/mol. The summed E-state index contributed by atoms with van der Waals surface area (Å²) in [6, 6.07) is 4.94. The molecule has 0 radical (unpaired) electrons. The summed E-state index contributed by atoms with van der Waals surface area (Å²) in [5, 5.41) is 19.6. The molecule has 2 unspecified atom stereocenters. The molecule has 0 amide bonds. The minimum Gasteiger partial charge on any atom is -0.392 e. The van der Waals surface area contributed by atoms with Crippen LogP contribution in [0.2, 0.25) is 0 Å². The number of nitrogens with zero attached hydrogens (tertiary/aromatic N) is 1. The summed E-state index contributed by atoms with van der Waals surface area (Å²) in [4.78, 5) is 1.74. The molecular weight excluding hydrogens is 283 g/mol. The van der Waals surface area contributed by atoms with E-state index in [4.69, 9.17) is 0 Å². The first kappa shape index (κ1) is 16.3. The highest BCUT2D eigenvalue weighted by molar-refractivity contribution is 5.33. The summed E-state index contributed by atoms with van der Waals surface area (Å²) in [6.45, 7) is 2.37. The molecule has 0 aromatic heterocycles. The SMILES string of the molecule is CC[C@H](O)CN1CC(O)CC1c1ccccc1C(F)(F)F. The van der Waals surface area contributed by atoms with Crippen LogP contribution in [0.3, 0.4) is 0 Å². The van der Waals surface area contributed by atoms with E-state index in [1.54, 1.807) is 11.0 Å². The van der Waals surface area contributed by atoms with Gasteiger partial charge in [0.2, 0.25) is 0 Å². The average molecular weight is 303 g/mol. The molecule has 6 heteroatoms. The Labute approximate surface area is 122 Å². The predicted octanol–water partition coefficient (Wildman–Crippen LogP) is 2.58. The Bertz CT molecular complexity index is 478. The van der Waals surface area contributed by atoms with Gasteiger partial charge in [0, 0.05) is 19.1 Å². The molecule has 0 saturated carbocycles. The van der Waals surface area contributed by atoms with Crippen LogP contribution >= 0.6 is 0 Å². The van der Waals surface area contributed by atoms with Gasteiger partial charge in [0.15, 0.2) is 0 Å². The molecule has 1 aliphatic rings. The highest BCUT2D eigenvalue weighted by Gasteiger charge is 2.39. The van der Waals surface area contributed by atoms with Gasteiger partial charge in [-0.2, -0.15) is 13.2 Å². The van der Waals surface area contributed by atoms with Crippen LogP contribution in [0.1, 0.15) is 36.9 Å². The largest absolute Gasteiger partial charge is 0.416 e. The molecule has 1 heterocycles. The summed E-state index contributed by atoms with van der Waals surface area (Å²) in [5.74, 6) is 0. The van der Waals surface area contributed by atoms with Gasteiger partial charge in [0.05, 0.1) is 17.8 Å². The normalized spacial score (nSPS) is 25.2. The second kappa shape index (κ2) is 6.34. The fourth-order valence-electron chi connectivity index (χ4n) is 2.85. The molecule has 1 aromatic carbocycles. The first-order chi connectivity index (χ1) is 9.82. The Balaban J connectivity index is 2.31. The molecule has 21 heavy (non-hydrogen) atoms. The van der Waals surface area contributed by atoms with E-state index in [0.717, 1.165) is 6.07 Å². The molecule has 1 fully saturated rings. The number of aliphatic hydroxyl groups is 2. The molecule has 118 valence electrons. The van der Waals surface area contributed by atoms with Crippen molar-refractivity contribution in [3.8, 4) is 0 Å². The number of alkyl halides is 3. The zero-order valence-corrected chi connectivity index (χ0v) is 11.8. The lowest BCUT2D eigenvalue weighted by Crippen LogP contribution is -2.33. The van der Waals surface area contributed by atoms with Crippen LogP contribution in [0.15, 0.2) is 24.3 Å². The number of aliphatic hydroxyl groups excluding tert-OH is 2. The van der Waals surface area contributed by atoms with Gasteiger partial charge in [-0.15, -0.1) is 0 Å². The van der Waals surface area contributed by atoms with Crippen LogP contribution < -0.4 is 0 Å². The maximum Gasteiger partial charge on any atom is 0.416 e. The van der Waals surface area contributed by atoms with Gasteiger partial charge in [0.25, 0.3) is 0 Å². The molecule has 1 saturated heterocycles. The summed E-state index contributed by atoms with van der Waals surface area (Å²) in [5.41, 5.74) is -0.495. The van der Waals surface area contributed by atoms with E-state index >= 15 is 0 Å². The smallest absolute Gasteiger partial charge is 0.392 e. The third-order valence-corrected chi connectivity index (χ3v) is 3.92. The zero-order chi connectivity index (χ0) is 15.6. The minimum absolute atomic E-state index is 0.171. The van der Waals surface area contributed by atoms with E-state index in [2.05, 4.69) is 0 Å². The first-order valence-electron chi connectivity index (χ1n) is 7.09. The topological polar surface area (TPSA) is 43.7 Å². The molecule has 1 aliphatic heterocycles. The van der Waals surface area contributed by atoms with Gasteiger partial charge in [-0.25, -0.2) is 0 Å². The predicted molar refractivity (Wildman–Crippen MR) is 72.7 cm³/mol. The van der Waals surface area contributed by atoms with Crippen molar-refractivity contribution < 1.29 is 23.4 Å². The van der Waals surface area contributed by atoms with Gasteiger partial charge >= 0.3 is 6.18 Å². The summed E-state index contributed by atoms with van der Waals surface area (Å²) < 4.78 is 39.4. The van der Waals surface area contributed by atoms with Crippen molar-refractivity contribution >= 4 is 0 Å².